The highest BCUT2D eigenvalue weighted by Gasteiger charge is 2.23. The van der Waals surface area contributed by atoms with Crippen LogP contribution >= 0.6 is 0 Å². The molecule has 1 N–H and O–H groups in total. The quantitative estimate of drug-likeness (QED) is 0.906. The number of carbonyl (C=O) groups is 1. The van der Waals surface area contributed by atoms with E-state index in [1.165, 1.54) is 12.8 Å². The Labute approximate surface area is 139 Å². The number of nitrogens with zero attached hydrogens (tertiary/aromatic N) is 3. The molecule has 128 valence electrons. The summed E-state index contributed by atoms with van der Waals surface area (Å²) in [5.41, 5.74) is -0.325. The molecule has 1 aromatic rings. The molecule has 1 amide bonds. The van der Waals surface area contributed by atoms with Crippen molar-refractivity contribution in [3.63, 3.8) is 0 Å². The second-order valence-electron chi connectivity index (χ2n) is 7.21. The Morgan fingerprint density at radius 3 is 2.52 bits per heavy atom. The van der Waals surface area contributed by atoms with Crippen LogP contribution in [-0.4, -0.2) is 52.7 Å². The molecule has 0 radical (unpaired) electrons. The third-order valence-corrected chi connectivity index (χ3v) is 4.35. The van der Waals surface area contributed by atoms with Crippen LogP contribution < -0.4 is 4.90 Å². The van der Waals surface area contributed by atoms with E-state index in [4.69, 9.17) is 0 Å². The highest BCUT2D eigenvalue weighted by Crippen LogP contribution is 2.21. The predicted octanol–water partition coefficient (Wildman–Crippen LogP) is 2.55. The summed E-state index contributed by atoms with van der Waals surface area (Å²) in [6.07, 6.45) is 4.04. The number of hydrogen-bond donors (Lipinski definition) is 1. The number of pyridine rings is 1. The molecule has 0 atom stereocenters. The molecule has 23 heavy (non-hydrogen) atoms. The molecule has 1 aromatic heterocycles. The van der Waals surface area contributed by atoms with Gasteiger partial charge in [0.1, 0.15) is 5.82 Å². The lowest BCUT2D eigenvalue weighted by Gasteiger charge is -2.31. The van der Waals surface area contributed by atoms with Crippen LogP contribution in [0, 0.1) is 5.92 Å². The number of rotatable bonds is 5. The van der Waals surface area contributed by atoms with Gasteiger partial charge in [0.2, 0.25) is 0 Å². The fraction of sp³-hybridized carbons (Fsp3) is 0.667. The molecule has 0 bridgehead atoms. The number of piperidine rings is 1. The predicted molar refractivity (Wildman–Crippen MR) is 92.7 cm³/mol. The van der Waals surface area contributed by atoms with Crippen LogP contribution in [0.1, 0.15) is 50.9 Å². The van der Waals surface area contributed by atoms with Crippen LogP contribution in [0.2, 0.25) is 0 Å². The Bertz CT molecular complexity index is 514. The number of anilines is 1. The van der Waals surface area contributed by atoms with Gasteiger partial charge in [0.25, 0.3) is 5.91 Å². The first kappa shape index (κ1) is 17.7. The lowest BCUT2D eigenvalue weighted by atomic mass is 9.99. The molecule has 1 fully saturated rings. The molecular formula is C18H29N3O2. The third kappa shape index (κ3) is 4.93. The number of carbonyl (C=O) groups excluding carboxylic acids is 1. The van der Waals surface area contributed by atoms with E-state index in [2.05, 4.69) is 16.8 Å². The number of likely N-dealkylation sites (N-methyl/N-ethyl adjacent to an activating group) is 1. The van der Waals surface area contributed by atoms with Crippen molar-refractivity contribution in [2.45, 2.75) is 46.1 Å². The zero-order chi connectivity index (χ0) is 17.0. The molecule has 1 aliphatic rings. The molecule has 0 aliphatic carbocycles. The smallest absolute Gasteiger partial charge is 0.255 e. The van der Waals surface area contributed by atoms with Crippen LogP contribution in [0.5, 0.6) is 0 Å². The SMILES string of the molecule is CCN(CC(C)(C)O)C(=O)c1ccc(N2CCC(C)CC2)nc1. The van der Waals surface area contributed by atoms with Crippen molar-refractivity contribution in [1.29, 1.82) is 0 Å². The van der Waals surface area contributed by atoms with Crippen molar-refractivity contribution in [1.82, 2.24) is 9.88 Å². The number of amides is 1. The summed E-state index contributed by atoms with van der Waals surface area (Å²) in [6, 6.07) is 3.77. The van der Waals surface area contributed by atoms with Gasteiger partial charge in [0.15, 0.2) is 0 Å². The van der Waals surface area contributed by atoms with Gasteiger partial charge in [-0.05, 0) is 51.7 Å². The Kier molecular flexibility index (Phi) is 5.63. The van der Waals surface area contributed by atoms with Gasteiger partial charge < -0.3 is 14.9 Å². The molecule has 5 nitrogen and oxygen atoms in total. The standard InChI is InChI=1S/C18H29N3O2/c1-5-20(13-18(3,4)23)17(22)15-6-7-16(19-12-15)21-10-8-14(2)9-11-21/h6-7,12,14,23H,5,8-11,13H2,1-4H3. The summed E-state index contributed by atoms with van der Waals surface area (Å²) < 4.78 is 0. The van der Waals surface area contributed by atoms with Gasteiger partial charge in [0.05, 0.1) is 11.2 Å². The van der Waals surface area contributed by atoms with Gasteiger partial charge in [-0.15, -0.1) is 0 Å². The topological polar surface area (TPSA) is 56.7 Å². The number of aromatic nitrogens is 1. The van der Waals surface area contributed by atoms with E-state index in [-0.39, 0.29) is 5.91 Å². The molecule has 2 heterocycles. The minimum Gasteiger partial charge on any atom is -0.389 e. The Morgan fingerprint density at radius 1 is 1.39 bits per heavy atom. The minimum absolute atomic E-state index is 0.0825. The molecule has 1 aliphatic heterocycles. The highest BCUT2D eigenvalue weighted by atomic mass is 16.3. The second-order valence-corrected chi connectivity index (χ2v) is 7.21. The Hall–Kier alpha value is -1.62. The average molecular weight is 319 g/mol. The van der Waals surface area contributed by atoms with Crippen LogP contribution in [-0.2, 0) is 0 Å². The lowest BCUT2D eigenvalue weighted by molar-refractivity contribution is 0.0314. The summed E-state index contributed by atoms with van der Waals surface area (Å²) in [5, 5.41) is 9.93. The third-order valence-electron chi connectivity index (χ3n) is 4.35. The largest absolute Gasteiger partial charge is 0.389 e. The number of hydrogen-bond acceptors (Lipinski definition) is 4. The molecule has 1 saturated heterocycles. The fourth-order valence-electron chi connectivity index (χ4n) is 2.91. The van der Waals surface area contributed by atoms with Gasteiger partial charge in [-0.3, -0.25) is 4.79 Å². The first-order valence-electron chi connectivity index (χ1n) is 8.53. The van der Waals surface area contributed by atoms with Crippen LogP contribution in [0.15, 0.2) is 18.3 Å². The highest BCUT2D eigenvalue weighted by molar-refractivity contribution is 5.94. The summed E-state index contributed by atoms with van der Waals surface area (Å²) in [4.78, 5) is 21.0. The lowest BCUT2D eigenvalue weighted by Crippen LogP contribution is -2.42. The van der Waals surface area contributed by atoms with Gasteiger partial charge >= 0.3 is 0 Å². The Balaban J connectivity index is 2.04. The zero-order valence-electron chi connectivity index (χ0n) is 14.7. The van der Waals surface area contributed by atoms with Crippen LogP contribution in [0.3, 0.4) is 0 Å². The maximum absolute atomic E-state index is 12.5. The molecule has 5 heteroatoms. The molecule has 0 spiro atoms. The van der Waals surface area contributed by atoms with E-state index < -0.39 is 5.60 Å². The zero-order valence-corrected chi connectivity index (χ0v) is 14.7. The maximum Gasteiger partial charge on any atom is 0.255 e. The monoisotopic (exact) mass is 319 g/mol. The van der Waals surface area contributed by atoms with Crippen molar-refractivity contribution < 1.29 is 9.90 Å². The fourth-order valence-corrected chi connectivity index (χ4v) is 2.91. The summed E-state index contributed by atoms with van der Waals surface area (Å²) in [6.45, 7) is 10.6. The normalized spacial score (nSPS) is 16.5. The van der Waals surface area contributed by atoms with Crippen molar-refractivity contribution in [3.05, 3.63) is 23.9 Å². The van der Waals surface area contributed by atoms with Crippen molar-refractivity contribution >= 4 is 11.7 Å². The Morgan fingerprint density at radius 2 is 2.04 bits per heavy atom. The molecule has 0 saturated carbocycles. The maximum atomic E-state index is 12.5. The van der Waals surface area contributed by atoms with E-state index in [1.807, 2.05) is 19.1 Å². The average Bonchev–Trinajstić information content (AvgIpc) is 2.52. The van der Waals surface area contributed by atoms with Crippen molar-refractivity contribution in [3.8, 4) is 0 Å². The van der Waals surface area contributed by atoms with Gasteiger partial charge in [0, 0.05) is 32.4 Å². The van der Waals surface area contributed by atoms with Crippen LogP contribution in [0.25, 0.3) is 0 Å². The van der Waals surface area contributed by atoms with Gasteiger partial charge in [-0.1, -0.05) is 6.92 Å². The minimum atomic E-state index is -0.899. The summed E-state index contributed by atoms with van der Waals surface area (Å²) >= 11 is 0. The second kappa shape index (κ2) is 7.30. The first-order chi connectivity index (χ1) is 10.8. The van der Waals surface area contributed by atoms with E-state index in [9.17, 15) is 9.90 Å². The molecule has 2 rings (SSSR count). The summed E-state index contributed by atoms with van der Waals surface area (Å²) in [5.74, 6) is 1.65. The van der Waals surface area contributed by atoms with Crippen molar-refractivity contribution in [2.24, 2.45) is 5.92 Å². The molecular weight excluding hydrogens is 290 g/mol. The van der Waals surface area contributed by atoms with E-state index >= 15 is 0 Å². The molecule has 0 aromatic carbocycles. The van der Waals surface area contributed by atoms with E-state index in [0.29, 0.717) is 18.7 Å². The van der Waals surface area contributed by atoms with E-state index in [1.54, 1.807) is 24.9 Å². The van der Waals surface area contributed by atoms with Gasteiger partial charge in [-0.2, -0.15) is 0 Å². The van der Waals surface area contributed by atoms with Gasteiger partial charge in [-0.25, -0.2) is 4.98 Å². The summed E-state index contributed by atoms with van der Waals surface area (Å²) in [7, 11) is 0. The first-order valence-corrected chi connectivity index (χ1v) is 8.53. The van der Waals surface area contributed by atoms with Crippen molar-refractivity contribution in [2.75, 3.05) is 31.1 Å². The molecule has 0 unspecified atom stereocenters. The van der Waals surface area contributed by atoms with E-state index in [0.717, 1.165) is 24.8 Å². The van der Waals surface area contributed by atoms with Crippen LogP contribution in [0.4, 0.5) is 5.82 Å². The number of aliphatic hydroxyl groups is 1.